The van der Waals surface area contributed by atoms with E-state index in [1.807, 2.05) is 18.0 Å². The van der Waals surface area contributed by atoms with E-state index in [-0.39, 0.29) is 0 Å². The standard InChI is InChI=1S/C14H23N3S/c1-11-8-14(17(2)6-7-18-3)12(9-15-11)10-16-13-4-5-13/h8-9,13,16H,4-7,10H2,1-3H3. The maximum absolute atomic E-state index is 4.43. The predicted molar refractivity (Wildman–Crippen MR) is 80.5 cm³/mol. The smallest absolute Gasteiger partial charge is 0.0443 e. The molecule has 0 atom stereocenters. The Hall–Kier alpha value is -0.740. The number of anilines is 1. The number of rotatable bonds is 7. The van der Waals surface area contributed by atoms with Gasteiger partial charge >= 0.3 is 0 Å². The first-order valence-electron chi connectivity index (χ1n) is 6.59. The summed E-state index contributed by atoms with van der Waals surface area (Å²) in [4.78, 5) is 6.77. The van der Waals surface area contributed by atoms with Gasteiger partial charge in [-0.05, 0) is 32.1 Å². The van der Waals surface area contributed by atoms with Crippen molar-refractivity contribution < 1.29 is 0 Å². The first-order valence-corrected chi connectivity index (χ1v) is 7.99. The molecule has 0 spiro atoms. The molecule has 1 aromatic rings. The minimum absolute atomic E-state index is 0.746. The summed E-state index contributed by atoms with van der Waals surface area (Å²) in [5, 5.41) is 3.57. The van der Waals surface area contributed by atoms with Crippen molar-refractivity contribution >= 4 is 17.4 Å². The summed E-state index contributed by atoms with van der Waals surface area (Å²) >= 11 is 1.89. The molecule has 2 rings (SSSR count). The van der Waals surface area contributed by atoms with Crippen LogP contribution in [0.3, 0.4) is 0 Å². The Morgan fingerprint density at radius 3 is 2.94 bits per heavy atom. The Morgan fingerprint density at radius 2 is 2.28 bits per heavy atom. The molecule has 3 nitrogen and oxygen atoms in total. The molecule has 1 aliphatic rings. The predicted octanol–water partition coefficient (Wildman–Crippen LogP) is 2.44. The van der Waals surface area contributed by atoms with E-state index < -0.39 is 0 Å². The lowest BCUT2D eigenvalue weighted by atomic mass is 10.2. The number of nitrogens with zero attached hydrogens (tertiary/aromatic N) is 2. The van der Waals surface area contributed by atoms with Crippen LogP contribution in [0.1, 0.15) is 24.1 Å². The zero-order chi connectivity index (χ0) is 13.0. The highest BCUT2D eigenvalue weighted by Gasteiger charge is 2.20. The molecule has 1 fully saturated rings. The van der Waals surface area contributed by atoms with Gasteiger partial charge in [-0.1, -0.05) is 0 Å². The van der Waals surface area contributed by atoms with E-state index in [1.54, 1.807) is 0 Å². The first-order chi connectivity index (χ1) is 8.70. The molecule has 0 bridgehead atoms. The monoisotopic (exact) mass is 265 g/mol. The van der Waals surface area contributed by atoms with Crippen LogP contribution < -0.4 is 10.2 Å². The Bertz CT molecular complexity index is 391. The molecule has 0 saturated heterocycles. The fraction of sp³-hybridized carbons (Fsp3) is 0.643. The number of pyridine rings is 1. The van der Waals surface area contributed by atoms with Crippen LogP contribution >= 0.6 is 11.8 Å². The van der Waals surface area contributed by atoms with Crippen molar-refractivity contribution in [1.29, 1.82) is 0 Å². The molecular formula is C14H23N3S. The number of hydrogen-bond acceptors (Lipinski definition) is 4. The molecule has 0 unspecified atom stereocenters. The summed E-state index contributed by atoms with van der Waals surface area (Å²) in [5.74, 6) is 1.16. The van der Waals surface area contributed by atoms with Gasteiger partial charge in [0, 0.05) is 55.1 Å². The normalized spacial score (nSPS) is 14.8. The highest BCUT2D eigenvalue weighted by atomic mass is 32.2. The van der Waals surface area contributed by atoms with Crippen LogP contribution in [0.5, 0.6) is 0 Å². The van der Waals surface area contributed by atoms with E-state index in [2.05, 4.69) is 41.5 Å². The summed E-state index contributed by atoms with van der Waals surface area (Å²) < 4.78 is 0. The number of aryl methyl sites for hydroxylation is 1. The minimum atomic E-state index is 0.746. The van der Waals surface area contributed by atoms with Gasteiger partial charge in [0.15, 0.2) is 0 Å². The maximum Gasteiger partial charge on any atom is 0.0443 e. The summed E-state index contributed by atoms with van der Waals surface area (Å²) in [7, 11) is 2.17. The second-order valence-electron chi connectivity index (χ2n) is 5.02. The Labute approximate surface area is 114 Å². The van der Waals surface area contributed by atoms with Crippen LogP contribution in [0, 0.1) is 6.92 Å². The van der Waals surface area contributed by atoms with E-state index in [0.717, 1.165) is 30.6 Å². The number of thioether (sulfide) groups is 1. The summed E-state index contributed by atoms with van der Waals surface area (Å²) in [6.07, 6.45) is 6.84. The topological polar surface area (TPSA) is 28.2 Å². The van der Waals surface area contributed by atoms with Gasteiger partial charge in [-0.2, -0.15) is 11.8 Å². The second kappa shape index (κ2) is 6.43. The third-order valence-electron chi connectivity index (χ3n) is 3.30. The second-order valence-corrected chi connectivity index (χ2v) is 6.01. The van der Waals surface area contributed by atoms with Crippen molar-refractivity contribution in [1.82, 2.24) is 10.3 Å². The van der Waals surface area contributed by atoms with Crippen molar-refractivity contribution in [2.45, 2.75) is 32.4 Å². The van der Waals surface area contributed by atoms with Crippen molar-refractivity contribution in [2.24, 2.45) is 0 Å². The van der Waals surface area contributed by atoms with Gasteiger partial charge in [-0.15, -0.1) is 0 Å². The average Bonchev–Trinajstić information content (AvgIpc) is 3.18. The quantitative estimate of drug-likeness (QED) is 0.819. The van der Waals surface area contributed by atoms with Crippen LogP contribution in [0.25, 0.3) is 0 Å². The zero-order valence-corrected chi connectivity index (χ0v) is 12.4. The maximum atomic E-state index is 4.43. The highest BCUT2D eigenvalue weighted by Crippen LogP contribution is 2.23. The third-order valence-corrected chi connectivity index (χ3v) is 3.89. The minimum Gasteiger partial charge on any atom is -0.373 e. The largest absolute Gasteiger partial charge is 0.373 e. The first kappa shape index (κ1) is 13.7. The third kappa shape index (κ3) is 3.89. The molecule has 0 aromatic carbocycles. The van der Waals surface area contributed by atoms with E-state index in [9.17, 15) is 0 Å². The SMILES string of the molecule is CSCCN(C)c1cc(C)ncc1CNC1CC1. The van der Waals surface area contributed by atoms with Crippen molar-refractivity contribution in [2.75, 3.05) is 30.5 Å². The highest BCUT2D eigenvalue weighted by molar-refractivity contribution is 7.98. The molecule has 18 heavy (non-hydrogen) atoms. The summed E-state index contributed by atoms with van der Waals surface area (Å²) in [6, 6.07) is 2.94. The van der Waals surface area contributed by atoms with Gasteiger partial charge in [0.2, 0.25) is 0 Å². The molecular weight excluding hydrogens is 242 g/mol. The average molecular weight is 265 g/mol. The molecule has 4 heteroatoms. The number of hydrogen-bond donors (Lipinski definition) is 1. The summed E-state index contributed by atoms with van der Waals surface area (Å²) in [6.45, 7) is 4.09. The number of nitrogens with one attached hydrogen (secondary N) is 1. The van der Waals surface area contributed by atoms with Gasteiger partial charge < -0.3 is 10.2 Å². The molecule has 1 N–H and O–H groups in total. The van der Waals surface area contributed by atoms with Gasteiger partial charge in [-0.25, -0.2) is 0 Å². The number of aromatic nitrogens is 1. The fourth-order valence-corrected chi connectivity index (χ4v) is 2.41. The van der Waals surface area contributed by atoms with Crippen LogP contribution in [0.15, 0.2) is 12.3 Å². The lowest BCUT2D eigenvalue weighted by Gasteiger charge is -2.22. The molecule has 1 aliphatic carbocycles. The van der Waals surface area contributed by atoms with Crippen LogP contribution in [0.2, 0.25) is 0 Å². The Balaban J connectivity index is 2.05. The van der Waals surface area contributed by atoms with Crippen molar-refractivity contribution in [3.63, 3.8) is 0 Å². The van der Waals surface area contributed by atoms with Crippen molar-refractivity contribution in [3.8, 4) is 0 Å². The molecule has 0 aliphatic heterocycles. The molecule has 1 heterocycles. The van der Waals surface area contributed by atoms with Crippen LogP contribution in [-0.4, -0.2) is 36.6 Å². The Kier molecular flexibility index (Phi) is 4.89. The van der Waals surface area contributed by atoms with E-state index in [1.165, 1.54) is 24.1 Å². The molecule has 1 aromatic heterocycles. The Morgan fingerprint density at radius 1 is 1.50 bits per heavy atom. The lowest BCUT2D eigenvalue weighted by molar-refractivity contribution is 0.684. The molecule has 0 amide bonds. The van der Waals surface area contributed by atoms with E-state index in [4.69, 9.17) is 0 Å². The molecule has 100 valence electrons. The van der Waals surface area contributed by atoms with Crippen LogP contribution in [-0.2, 0) is 6.54 Å². The van der Waals surface area contributed by atoms with Gasteiger partial charge in [-0.3, -0.25) is 4.98 Å². The van der Waals surface area contributed by atoms with Crippen LogP contribution in [0.4, 0.5) is 5.69 Å². The van der Waals surface area contributed by atoms with Gasteiger partial charge in [0.25, 0.3) is 0 Å². The zero-order valence-electron chi connectivity index (χ0n) is 11.6. The van der Waals surface area contributed by atoms with Gasteiger partial charge in [0.05, 0.1) is 0 Å². The van der Waals surface area contributed by atoms with Gasteiger partial charge in [0.1, 0.15) is 0 Å². The van der Waals surface area contributed by atoms with E-state index in [0.29, 0.717) is 0 Å². The summed E-state index contributed by atoms with van der Waals surface area (Å²) in [5.41, 5.74) is 3.73. The van der Waals surface area contributed by atoms with Crippen molar-refractivity contribution in [3.05, 3.63) is 23.5 Å². The molecule has 0 radical (unpaired) electrons. The van der Waals surface area contributed by atoms with E-state index >= 15 is 0 Å². The molecule has 1 saturated carbocycles. The lowest BCUT2D eigenvalue weighted by Crippen LogP contribution is -2.24. The fourth-order valence-electron chi connectivity index (χ4n) is 1.96.